The molecule has 1 heterocycles. The van der Waals surface area contributed by atoms with Crippen molar-refractivity contribution in [2.24, 2.45) is 0 Å². The molecule has 26 heavy (non-hydrogen) atoms. The van der Waals surface area contributed by atoms with Gasteiger partial charge in [-0.05, 0) is 24.3 Å². The fourth-order valence-corrected chi connectivity index (χ4v) is 3.58. The zero-order valence-corrected chi connectivity index (χ0v) is 15.9. The van der Waals surface area contributed by atoms with Gasteiger partial charge in [0.1, 0.15) is 17.3 Å². The number of nitrogens with one attached hydrogen (secondary N) is 1. The molecule has 0 amide bonds. The third kappa shape index (κ3) is 3.13. The molecule has 0 aliphatic carbocycles. The van der Waals surface area contributed by atoms with Crippen molar-refractivity contribution in [3.8, 4) is 45.4 Å². The Balaban J connectivity index is 2.15. The molecule has 0 fully saturated rings. The third-order valence-corrected chi connectivity index (χ3v) is 4.78. The summed E-state index contributed by atoms with van der Waals surface area (Å²) in [6.07, 6.45) is 0. The van der Waals surface area contributed by atoms with Crippen LogP contribution in [-0.4, -0.2) is 28.4 Å². The van der Waals surface area contributed by atoms with E-state index in [4.69, 9.17) is 24.7 Å². The molecule has 0 aliphatic rings. The van der Waals surface area contributed by atoms with Gasteiger partial charge in [0.15, 0.2) is 11.5 Å². The summed E-state index contributed by atoms with van der Waals surface area (Å²) < 4.78 is 24.9. The summed E-state index contributed by atoms with van der Waals surface area (Å²) in [6.45, 7) is 0. The first-order valence-electron chi connectivity index (χ1n) is 7.86. The summed E-state index contributed by atoms with van der Waals surface area (Å²) in [5, 5.41) is 2.02. The minimum atomic E-state index is 0.555. The molecule has 1 aromatic heterocycles. The molecule has 0 spiro atoms. The molecule has 3 rings (SSSR count). The average Bonchev–Trinajstić information content (AvgIpc) is 3.15. The molecule has 0 atom stereocenters. The summed E-state index contributed by atoms with van der Waals surface area (Å²) in [5.74, 6) is 2.46. The highest BCUT2D eigenvalue weighted by Gasteiger charge is 2.23. The highest BCUT2D eigenvalue weighted by atomic mass is 32.1. The number of benzene rings is 2. The second-order valence-corrected chi connectivity index (χ2v) is 6.17. The van der Waals surface area contributed by atoms with Gasteiger partial charge in [-0.15, -0.1) is 4.37 Å². The van der Waals surface area contributed by atoms with E-state index in [0.717, 1.165) is 28.1 Å². The third-order valence-electron chi connectivity index (χ3n) is 4.11. The van der Waals surface area contributed by atoms with Crippen LogP contribution < -0.4 is 29.1 Å². The van der Waals surface area contributed by atoms with Gasteiger partial charge in [0, 0.05) is 17.3 Å². The first-order chi connectivity index (χ1) is 12.6. The maximum absolute atomic E-state index is 6.23. The summed E-state index contributed by atoms with van der Waals surface area (Å²) in [6, 6.07) is 9.46. The minimum Gasteiger partial charge on any atom is -0.497 e. The quantitative estimate of drug-likeness (QED) is 0.669. The van der Waals surface area contributed by atoms with E-state index in [0.29, 0.717) is 22.9 Å². The van der Waals surface area contributed by atoms with Gasteiger partial charge in [0.25, 0.3) is 0 Å². The molecule has 3 aromatic rings. The number of anilines is 1. The largest absolute Gasteiger partial charge is 0.497 e. The van der Waals surface area contributed by atoms with E-state index < -0.39 is 0 Å². The van der Waals surface area contributed by atoms with Crippen LogP contribution in [0, 0.1) is 0 Å². The summed E-state index contributed by atoms with van der Waals surface area (Å²) in [5.41, 5.74) is 10.6. The van der Waals surface area contributed by atoms with Crippen LogP contribution in [-0.2, 0) is 0 Å². The zero-order chi connectivity index (χ0) is 18.7. The first kappa shape index (κ1) is 17.9. The predicted molar refractivity (Wildman–Crippen MR) is 102 cm³/mol. The van der Waals surface area contributed by atoms with E-state index >= 15 is 0 Å². The maximum atomic E-state index is 6.23. The topological polar surface area (TPSA) is 77.1 Å². The molecule has 7 heteroatoms. The Bertz CT molecular complexity index is 899. The number of hydrogen-bond donors (Lipinski definition) is 1. The number of nitrogens with two attached hydrogens (primary N) is 1. The van der Waals surface area contributed by atoms with Gasteiger partial charge in [0.2, 0.25) is 11.4 Å². The fraction of sp³-hybridized carbons (Fsp3) is 0.211. The molecular weight excluding hydrogens is 352 g/mol. The van der Waals surface area contributed by atoms with Gasteiger partial charge >= 0.3 is 0 Å². The van der Waals surface area contributed by atoms with Crippen LogP contribution in [0.15, 0.2) is 35.7 Å². The SMILES string of the molecule is COc1ccc(-c2cs[nH+]c2-c2cc(OC)c(OC)c(OC)c2)c(N)c1. The van der Waals surface area contributed by atoms with Crippen LogP contribution in [0.2, 0.25) is 0 Å². The number of H-pyrrole nitrogens is 1. The number of aromatic amines is 1. The predicted octanol–water partition coefficient (Wildman–Crippen LogP) is 3.51. The van der Waals surface area contributed by atoms with Crippen molar-refractivity contribution in [1.29, 1.82) is 0 Å². The highest BCUT2D eigenvalue weighted by Crippen LogP contribution is 2.43. The molecule has 0 saturated carbocycles. The van der Waals surface area contributed by atoms with Crippen molar-refractivity contribution in [3.63, 3.8) is 0 Å². The number of nitrogen functional groups attached to an aromatic ring is 1. The Hall–Kier alpha value is -2.93. The molecule has 0 bridgehead atoms. The van der Waals surface area contributed by atoms with Gasteiger partial charge in [0.05, 0.1) is 44.9 Å². The zero-order valence-electron chi connectivity index (χ0n) is 15.1. The van der Waals surface area contributed by atoms with Crippen LogP contribution in [0.1, 0.15) is 0 Å². The number of aromatic nitrogens is 1. The van der Waals surface area contributed by atoms with Crippen LogP contribution in [0.3, 0.4) is 0 Å². The lowest BCUT2D eigenvalue weighted by Gasteiger charge is -2.13. The van der Waals surface area contributed by atoms with Crippen LogP contribution in [0.5, 0.6) is 23.0 Å². The number of ether oxygens (including phenoxy) is 4. The Morgan fingerprint density at radius 1 is 0.846 bits per heavy atom. The Labute approximate surface area is 156 Å². The second-order valence-electron chi connectivity index (χ2n) is 5.49. The van der Waals surface area contributed by atoms with Gasteiger partial charge in [-0.3, -0.25) is 0 Å². The molecule has 3 N–H and O–H groups in total. The van der Waals surface area contributed by atoms with Crippen LogP contribution >= 0.6 is 11.5 Å². The monoisotopic (exact) mass is 373 g/mol. The Morgan fingerprint density at radius 3 is 2.08 bits per heavy atom. The molecule has 6 nitrogen and oxygen atoms in total. The molecule has 2 aromatic carbocycles. The van der Waals surface area contributed by atoms with Crippen LogP contribution in [0.25, 0.3) is 22.4 Å². The molecule has 0 radical (unpaired) electrons. The maximum Gasteiger partial charge on any atom is 0.233 e. The van der Waals surface area contributed by atoms with Crippen molar-refractivity contribution in [2.75, 3.05) is 34.2 Å². The number of methoxy groups -OCH3 is 4. The normalized spacial score (nSPS) is 10.5. The van der Waals surface area contributed by atoms with E-state index in [9.17, 15) is 0 Å². The van der Waals surface area contributed by atoms with Crippen molar-refractivity contribution in [1.82, 2.24) is 0 Å². The Morgan fingerprint density at radius 2 is 1.54 bits per heavy atom. The fourth-order valence-electron chi connectivity index (χ4n) is 2.81. The van der Waals surface area contributed by atoms with Gasteiger partial charge in [-0.25, -0.2) is 0 Å². The molecular formula is C19H21N2O4S+. The summed E-state index contributed by atoms with van der Waals surface area (Å²) >= 11 is 1.49. The van der Waals surface area contributed by atoms with E-state index in [2.05, 4.69) is 4.37 Å². The van der Waals surface area contributed by atoms with Gasteiger partial charge < -0.3 is 24.7 Å². The lowest BCUT2D eigenvalue weighted by molar-refractivity contribution is -0.275. The Kier molecular flexibility index (Phi) is 5.18. The van der Waals surface area contributed by atoms with E-state index in [1.54, 1.807) is 28.4 Å². The molecule has 0 aliphatic heterocycles. The minimum absolute atomic E-state index is 0.555. The first-order valence-corrected chi connectivity index (χ1v) is 8.74. The van der Waals surface area contributed by atoms with E-state index in [-0.39, 0.29) is 0 Å². The molecule has 136 valence electrons. The number of hydrogen-bond acceptors (Lipinski definition) is 6. The highest BCUT2D eigenvalue weighted by molar-refractivity contribution is 6.99. The summed E-state index contributed by atoms with van der Waals surface area (Å²) in [4.78, 5) is 0. The van der Waals surface area contributed by atoms with Gasteiger partial charge in [-0.2, -0.15) is 0 Å². The molecule has 0 unspecified atom stereocenters. The second kappa shape index (κ2) is 7.53. The van der Waals surface area contributed by atoms with Crippen molar-refractivity contribution < 1.29 is 23.3 Å². The van der Waals surface area contributed by atoms with Crippen molar-refractivity contribution >= 4 is 17.2 Å². The number of rotatable bonds is 6. The van der Waals surface area contributed by atoms with E-state index in [1.807, 2.05) is 35.7 Å². The standard InChI is InChI=1S/C19H20N2O4S/c1-22-12-5-6-13(15(20)9-12)14-10-26-21-18(14)11-7-16(23-2)19(25-4)17(8-11)24-3/h5-10H,20H2,1-4H3/p+1. The van der Waals surface area contributed by atoms with Crippen molar-refractivity contribution in [2.45, 2.75) is 0 Å². The van der Waals surface area contributed by atoms with Crippen LogP contribution in [0.4, 0.5) is 5.69 Å². The van der Waals surface area contributed by atoms with Gasteiger partial charge in [-0.1, -0.05) is 0 Å². The van der Waals surface area contributed by atoms with E-state index in [1.165, 1.54) is 11.5 Å². The lowest BCUT2D eigenvalue weighted by atomic mass is 10.00. The molecule has 0 saturated heterocycles. The van der Waals surface area contributed by atoms with Crippen molar-refractivity contribution in [3.05, 3.63) is 35.7 Å². The lowest BCUT2D eigenvalue weighted by Crippen LogP contribution is -2.02. The summed E-state index contributed by atoms with van der Waals surface area (Å²) in [7, 11) is 6.40. The smallest absolute Gasteiger partial charge is 0.233 e. The average molecular weight is 373 g/mol.